The maximum Gasteiger partial charge on any atom is 0.138 e. The molecule has 0 spiro atoms. The van der Waals surface area contributed by atoms with Crippen molar-refractivity contribution in [2.24, 2.45) is 0 Å². The fourth-order valence-corrected chi connectivity index (χ4v) is 2.49. The average Bonchev–Trinajstić information content (AvgIpc) is 2.89. The maximum atomic E-state index is 6.09. The lowest BCUT2D eigenvalue weighted by molar-refractivity contribution is 0.290. The van der Waals surface area contributed by atoms with Gasteiger partial charge in [0.25, 0.3) is 0 Å². The van der Waals surface area contributed by atoms with Gasteiger partial charge in [0.1, 0.15) is 12.4 Å². The molecule has 0 aliphatic rings. The minimum absolute atomic E-state index is 0.493. The van der Waals surface area contributed by atoms with E-state index >= 15 is 0 Å². The molecule has 1 aromatic heterocycles. The molecule has 0 amide bonds. The molecule has 0 unspecified atom stereocenters. The molecule has 0 aliphatic heterocycles. The molecule has 21 heavy (non-hydrogen) atoms. The zero-order valence-electron chi connectivity index (χ0n) is 11.9. The Bertz CT molecular complexity index is 576. The second kappa shape index (κ2) is 8.36. The Kier molecular flexibility index (Phi) is 6.48. The van der Waals surface area contributed by atoms with Crippen molar-refractivity contribution in [2.45, 2.75) is 26.4 Å². The summed E-state index contributed by atoms with van der Waals surface area (Å²) in [6.07, 6.45) is 3.03. The van der Waals surface area contributed by atoms with E-state index in [2.05, 4.69) is 38.5 Å². The lowest BCUT2D eigenvalue weighted by atomic mass is 10.3. The normalized spacial score (nSPS) is 10.8. The number of nitrogens with one attached hydrogen (secondary N) is 1. The standard InChI is InChI=1S/C14H18BrClN4O/c1-2-5-17-9-12-10-20(19-18-12)6-7-21-14-4-3-11(15)8-13(14)16/h3-4,8,10,17H,2,5-7,9H2,1H3. The van der Waals surface area contributed by atoms with Gasteiger partial charge in [0.05, 0.1) is 17.3 Å². The molecule has 0 saturated heterocycles. The quantitative estimate of drug-likeness (QED) is 0.722. The lowest BCUT2D eigenvalue weighted by Crippen LogP contribution is -2.14. The maximum absolute atomic E-state index is 6.09. The number of hydrogen-bond acceptors (Lipinski definition) is 4. The summed E-state index contributed by atoms with van der Waals surface area (Å²) in [6.45, 7) is 4.99. The predicted molar refractivity (Wildman–Crippen MR) is 86.7 cm³/mol. The van der Waals surface area contributed by atoms with E-state index < -0.39 is 0 Å². The highest BCUT2D eigenvalue weighted by atomic mass is 79.9. The van der Waals surface area contributed by atoms with Crippen molar-refractivity contribution in [1.82, 2.24) is 20.3 Å². The van der Waals surface area contributed by atoms with Crippen molar-refractivity contribution in [1.29, 1.82) is 0 Å². The van der Waals surface area contributed by atoms with E-state index in [1.807, 2.05) is 24.4 Å². The fourth-order valence-electron chi connectivity index (χ4n) is 1.76. The molecule has 5 nitrogen and oxygen atoms in total. The van der Waals surface area contributed by atoms with Gasteiger partial charge in [-0.25, -0.2) is 4.68 Å². The van der Waals surface area contributed by atoms with Crippen LogP contribution in [0.1, 0.15) is 19.0 Å². The van der Waals surface area contributed by atoms with Crippen LogP contribution in [0.15, 0.2) is 28.9 Å². The van der Waals surface area contributed by atoms with Gasteiger partial charge < -0.3 is 10.1 Å². The van der Waals surface area contributed by atoms with Crippen molar-refractivity contribution in [3.8, 4) is 5.75 Å². The average molecular weight is 374 g/mol. The van der Waals surface area contributed by atoms with Crippen LogP contribution in [0.3, 0.4) is 0 Å². The molecule has 7 heteroatoms. The summed E-state index contributed by atoms with van der Waals surface area (Å²) in [4.78, 5) is 0. The van der Waals surface area contributed by atoms with E-state index in [1.165, 1.54) is 0 Å². The summed E-state index contributed by atoms with van der Waals surface area (Å²) in [5, 5.41) is 12.1. The summed E-state index contributed by atoms with van der Waals surface area (Å²) in [6, 6.07) is 5.55. The number of nitrogens with zero attached hydrogens (tertiary/aromatic N) is 3. The molecule has 0 fully saturated rings. The molecule has 0 aliphatic carbocycles. The SMILES string of the molecule is CCCNCc1cn(CCOc2ccc(Br)cc2Cl)nn1. The van der Waals surface area contributed by atoms with E-state index in [0.717, 1.165) is 29.7 Å². The molecule has 1 heterocycles. The molecule has 0 atom stereocenters. The summed E-state index contributed by atoms with van der Waals surface area (Å²) >= 11 is 9.45. The largest absolute Gasteiger partial charge is 0.490 e. The number of ether oxygens (including phenoxy) is 1. The fraction of sp³-hybridized carbons (Fsp3) is 0.429. The highest BCUT2D eigenvalue weighted by Crippen LogP contribution is 2.27. The molecule has 0 saturated carbocycles. The molecular formula is C14H18BrClN4O. The molecule has 1 N–H and O–H groups in total. The topological polar surface area (TPSA) is 52.0 Å². The van der Waals surface area contributed by atoms with Crippen LogP contribution < -0.4 is 10.1 Å². The van der Waals surface area contributed by atoms with Crippen LogP contribution in [0.2, 0.25) is 5.02 Å². The second-order valence-corrected chi connectivity index (χ2v) is 5.90. The Labute approximate surface area is 137 Å². The number of benzene rings is 1. The number of hydrogen-bond donors (Lipinski definition) is 1. The molecule has 114 valence electrons. The minimum atomic E-state index is 0.493. The first-order chi connectivity index (χ1) is 10.2. The van der Waals surface area contributed by atoms with E-state index in [9.17, 15) is 0 Å². The van der Waals surface area contributed by atoms with Crippen molar-refractivity contribution in [3.05, 3.63) is 39.6 Å². The molecule has 0 bridgehead atoms. The zero-order chi connectivity index (χ0) is 15.1. The van der Waals surface area contributed by atoms with Gasteiger partial charge in [0.2, 0.25) is 0 Å². The molecular weight excluding hydrogens is 356 g/mol. The van der Waals surface area contributed by atoms with Crippen LogP contribution in [0.5, 0.6) is 5.75 Å². The van der Waals surface area contributed by atoms with Crippen molar-refractivity contribution < 1.29 is 4.74 Å². The highest BCUT2D eigenvalue weighted by molar-refractivity contribution is 9.10. The predicted octanol–water partition coefficient (Wildman–Crippen LogP) is 3.27. The molecule has 2 rings (SSSR count). The van der Waals surface area contributed by atoms with E-state index in [0.29, 0.717) is 23.9 Å². The first-order valence-corrected chi connectivity index (χ1v) is 8.03. The number of halogens is 2. The lowest BCUT2D eigenvalue weighted by Gasteiger charge is -2.07. The van der Waals surface area contributed by atoms with Gasteiger partial charge in [-0.1, -0.05) is 39.7 Å². The third-order valence-corrected chi connectivity index (χ3v) is 3.58. The Balaban J connectivity index is 1.78. The van der Waals surface area contributed by atoms with Crippen LogP contribution in [0, 0.1) is 0 Å². The number of rotatable bonds is 8. The molecule has 2 aromatic rings. The van der Waals surface area contributed by atoms with Gasteiger partial charge in [-0.3, -0.25) is 0 Å². The van der Waals surface area contributed by atoms with Crippen LogP contribution >= 0.6 is 27.5 Å². The third kappa shape index (κ3) is 5.30. The van der Waals surface area contributed by atoms with Crippen LogP contribution in [0.4, 0.5) is 0 Å². The first kappa shape index (κ1) is 16.3. The van der Waals surface area contributed by atoms with E-state index in [4.69, 9.17) is 16.3 Å². The smallest absolute Gasteiger partial charge is 0.138 e. The first-order valence-electron chi connectivity index (χ1n) is 6.86. The Morgan fingerprint density at radius 1 is 1.43 bits per heavy atom. The highest BCUT2D eigenvalue weighted by Gasteiger charge is 2.03. The van der Waals surface area contributed by atoms with E-state index in [1.54, 1.807) is 4.68 Å². The summed E-state index contributed by atoms with van der Waals surface area (Å²) in [5.74, 6) is 0.671. The van der Waals surface area contributed by atoms with Gasteiger partial charge in [0, 0.05) is 17.2 Å². The van der Waals surface area contributed by atoms with Gasteiger partial charge in [-0.05, 0) is 31.2 Å². The van der Waals surface area contributed by atoms with Gasteiger partial charge in [-0.2, -0.15) is 0 Å². The summed E-state index contributed by atoms with van der Waals surface area (Å²) < 4.78 is 8.35. The second-order valence-electron chi connectivity index (χ2n) is 4.57. The van der Waals surface area contributed by atoms with Gasteiger partial charge in [-0.15, -0.1) is 5.10 Å². The zero-order valence-corrected chi connectivity index (χ0v) is 14.2. The monoisotopic (exact) mass is 372 g/mol. The molecule has 1 aromatic carbocycles. The van der Waals surface area contributed by atoms with Crippen LogP contribution in [0.25, 0.3) is 0 Å². The summed E-state index contributed by atoms with van der Waals surface area (Å²) in [7, 11) is 0. The van der Waals surface area contributed by atoms with E-state index in [-0.39, 0.29) is 0 Å². The Morgan fingerprint density at radius 3 is 3.05 bits per heavy atom. The minimum Gasteiger partial charge on any atom is -0.490 e. The van der Waals surface area contributed by atoms with Crippen molar-refractivity contribution in [3.63, 3.8) is 0 Å². The Morgan fingerprint density at radius 2 is 2.29 bits per heavy atom. The van der Waals surface area contributed by atoms with Crippen LogP contribution in [-0.2, 0) is 13.1 Å². The number of aromatic nitrogens is 3. The van der Waals surface area contributed by atoms with Crippen molar-refractivity contribution in [2.75, 3.05) is 13.2 Å². The van der Waals surface area contributed by atoms with Crippen molar-refractivity contribution >= 4 is 27.5 Å². The van der Waals surface area contributed by atoms with Gasteiger partial charge in [0.15, 0.2) is 0 Å². The van der Waals surface area contributed by atoms with Gasteiger partial charge >= 0.3 is 0 Å². The third-order valence-electron chi connectivity index (χ3n) is 2.79. The molecule has 0 radical (unpaired) electrons. The van der Waals surface area contributed by atoms with Crippen LogP contribution in [-0.4, -0.2) is 28.1 Å². The Hall–Kier alpha value is -1.11. The summed E-state index contributed by atoms with van der Waals surface area (Å²) in [5.41, 5.74) is 0.935.